The lowest BCUT2D eigenvalue weighted by Crippen LogP contribution is -2.46. The van der Waals surface area contributed by atoms with Crippen molar-refractivity contribution in [1.82, 2.24) is 4.90 Å². The lowest BCUT2D eigenvalue weighted by molar-refractivity contribution is -0.153. The normalized spacial score (nSPS) is 21.5. The second kappa shape index (κ2) is 9.25. The van der Waals surface area contributed by atoms with Crippen LogP contribution < -0.4 is 0 Å². The molecule has 2 aromatic rings. The highest BCUT2D eigenvalue weighted by atomic mass is 16.5. The molecular formula is C25H29NO3. The minimum Gasteiger partial charge on any atom is -0.455 e. The van der Waals surface area contributed by atoms with E-state index in [4.69, 9.17) is 4.74 Å². The molecule has 0 N–H and O–H groups in total. The van der Waals surface area contributed by atoms with Crippen LogP contribution in [0.4, 0.5) is 0 Å². The predicted molar refractivity (Wildman–Crippen MR) is 112 cm³/mol. The fraction of sp³-hybridized carbons (Fsp3) is 0.440. The number of hydrogen-bond acceptors (Lipinski definition) is 3. The molecule has 1 amide bonds. The van der Waals surface area contributed by atoms with Crippen LogP contribution in [0.15, 0.2) is 60.7 Å². The Morgan fingerprint density at radius 3 is 2.07 bits per heavy atom. The van der Waals surface area contributed by atoms with Crippen molar-refractivity contribution in [3.05, 3.63) is 71.8 Å². The Morgan fingerprint density at radius 2 is 1.45 bits per heavy atom. The van der Waals surface area contributed by atoms with E-state index >= 15 is 0 Å². The number of piperidine rings is 1. The molecule has 0 aromatic heterocycles. The molecule has 29 heavy (non-hydrogen) atoms. The van der Waals surface area contributed by atoms with E-state index in [9.17, 15) is 9.59 Å². The third-order valence-electron chi connectivity index (χ3n) is 6.48. The lowest BCUT2D eigenvalue weighted by Gasteiger charge is -2.41. The van der Waals surface area contributed by atoms with Crippen LogP contribution in [0.5, 0.6) is 0 Å². The molecule has 2 fully saturated rings. The van der Waals surface area contributed by atoms with Crippen LogP contribution in [0.1, 0.15) is 49.1 Å². The number of esters is 1. The zero-order valence-electron chi connectivity index (χ0n) is 16.8. The summed E-state index contributed by atoms with van der Waals surface area (Å²) in [5, 5.41) is 0. The summed E-state index contributed by atoms with van der Waals surface area (Å²) in [7, 11) is 0. The molecular weight excluding hydrogens is 362 g/mol. The first-order valence-electron chi connectivity index (χ1n) is 10.8. The number of ether oxygens (including phenoxy) is 1. The van der Waals surface area contributed by atoms with Crippen LogP contribution in [-0.4, -0.2) is 36.5 Å². The van der Waals surface area contributed by atoms with E-state index in [1.807, 2.05) is 65.6 Å². The maximum atomic E-state index is 13.0. The largest absolute Gasteiger partial charge is 0.455 e. The summed E-state index contributed by atoms with van der Waals surface area (Å²) in [6.07, 6.45) is 6.21. The number of carbonyl (C=O) groups excluding carboxylic acids is 2. The number of rotatable bonds is 5. The van der Waals surface area contributed by atoms with Gasteiger partial charge in [-0.15, -0.1) is 0 Å². The molecule has 4 nitrogen and oxygen atoms in total. The summed E-state index contributed by atoms with van der Waals surface area (Å²) in [5.41, 5.74) is 1.75. The molecule has 4 rings (SSSR count). The smallest absolute Gasteiger partial charge is 0.318 e. The zero-order valence-corrected chi connectivity index (χ0v) is 16.8. The fourth-order valence-electron chi connectivity index (χ4n) is 4.89. The van der Waals surface area contributed by atoms with Gasteiger partial charge in [-0.2, -0.15) is 0 Å². The quantitative estimate of drug-likeness (QED) is 0.710. The molecule has 0 radical (unpaired) electrons. The Bertz CT molecular complexity index is 781. The number of hydrogen-bond donors (Lipinski definition) is 0. The van der Waals surface area contributed by atoms with E-state index in [1.54, 1.807) is 0 Å². The molecule has 1 saturated carbocycles. The Kier molecular flexibility index (Phi) is 6.28. The van der Waals surface area contributed by atoms with Crippen LogP contribution in [-0.2, 0) is 14.3 Å². The predicted octanol–water partition coefficient (Wildman–Crippen LogP) is 4.40. The van der Waals surface area contributed by atoms with Crippen molar-refractivity contribution in [3.8, 4) is 0 Å². The van der Waals surface area contributed by atoms with Gasteiger partial charge in [0.1, 0.15) is 5.92 Å². The zero-order chi connectivity index (χ0) is 20.1. The molecule has 2 aliphatic rings. The van der Waals surface area contributed by atoms with Gasteiger partial charge in [0.2, 0.25) is 0 Å². The van der Waals surface area contributed by atoms with Gasteiger partial charge in [0.15, 0.2) is 6.61 Å². The monoisotopic (exact) mass is 391 g/mol. The van der Waals surface area contributed by atoms with E-state index in [1.165, 1.54) is 25.7 Å². The Balaban J connectivity index is 1.40. The topological polar surface area (TPSA) is 46.6 Å². The van der Waals surface area contributed by atoms with Crippen molar-refractivity contribution < 1.29 is 14.3 Å². The Morgan fingerprint density at radius 1 is 0.862 bits per heavy atom. The highest BCUT2D eigenvalue weighted by Gasteiger charge is 2.33. The van der Waals surface area contributed by atoms with Crippen molar-refractivity contribution in [3.63, 3.8) is 0 Å². The second-order valence-corrected chi connectivity index (χ2v) is 8.30. The first-order valence-corrected chi connectivity index (χ1v) is 10.8. The van der Waals surface area contributed by atoms with Crippen LogP contribution in [0, 0.1) is 11.8 Å². The maximum Gasteiger partial charge on any atom is 0.318 e. The molecule has 152 valence electrons. The van der Waals surface area contributed by atoms with Gasteiger partial charge >= 0.3 is 5.97 Å². The summed E-state index contributed by atoms with van der Waals surface area (Å²) in [4.78, 5) is 27.6. The van der Waals surface area contributed by atoms with Gasteiger partial charge in [-0.3, -0.25) is 9.59 Å². The van der Waals surface area contributed by atoms with Crippen molar-refractivity contribution in [2.75, 3.05) is 19.7 Å². The molecule has 1 saturated heterocycles. The third kappa shape index (κ3) is 4.69. The number of likely N-dealkylation sites (tertiary alicyclic amines) is 1. The molecule has 0 spiro atoms. The van der Waals surface area contributed by atoms with Crippen molar-refractivity contribution >= 4 is 11.9 Å². The van der Waals surface area contributed by atoms with Gasteiger partial charge in [0.25, 0.3) is 5.91 Å². The molecule has 4 heteroatoms. The van der Waals surface area contributed by atoms with Gasteiger partial charge in [-0.25, -0.2) is 0 Å². The first-order chi connectivity index (χ1) is 14.2. The van der Waals surface area contributed by atoms with E-state index < -0.39 is 5.92 Å². The fourth-order valence-corrected chi connectivity index (χ4v) is 4.89. The first kappa shape index (κ1) is 19.7. The van der Waals surface area contributed by atoms with Crippen LogP contribution in [0.25, 0.3) is 0 Å². The molecule has 1 aliphatic heterocycles. The van der Waals surface area contributed by atoms with E-state index in [2.05, 4.69) is 0 Å². The second-order valence-electron chi connectivity index (χ2n) is 8.30. The van der Waals surface area contributed by atoms with Crippen molar-refractivity contribution in [2.24, 2.45) is 11.8 Å². The molecule has 2 atom stereocenters. The summed E-state index contributed by atoms with van der Waals surface area (Å²) >= 11 is 0. The SMILES string of the molecule is O=C(OCC(=O)N1CC[C@H]2CCCC[C@H]2C1)C(c1ccccc1)c1ccccc1. The van der Waals surface area contributed by atoms with Gasteiger partial charge in [-0.05, 0) is 35.8 Å². The maximum absolute atomic E-state index is 13.0. The van der Waals surface area contributed by atoms with Gasteiger partial charge in [0, 0.05) is 13.1 Å². The molecule has 0 unspecified atom stereocenters. The summed E-state index contributed by atoms with van der Waals surface area (Å²) < 4.78 is 5.53. The minimum absolute atomic E-state index is 0.0674. The minimum atomic E-state index is -0.519. The highest BCUT2D eigenvalue weighted by Crippen LogP contribution is 2.36. The van der Waals surface area contributed by atoms with Crippen LogP contribution >= 0.6 is 0 Å². The van der Waals surface area contributed by atoms with Gasteiger partial charge < -0.3 is 9.64 Å². The van der Waals surface area contributed by atoms with E-state index in [0.29, 0.717) is 5.92 Å². The lowest BCUT2D eigenvalue weighted by atomic mass is 9.75. The van der Waals surface area contributed by atoms with Gasteiger partial charge in [-0.1, -0.05) is 79.9 Å². The molecule has 2 aromatic carbocycles. The number of nitrogens with zero attached hydrogens (tertiary/aromatic N) is 1. The number of benzene rings is 2. The summed E-state index contributed by atoms with van der Waals surface area (Å²) in [6, 6.07) is 19.2. The van der Waals surface area contributed by atoms with Crippen LogP contribution in [0.2, 0.25) is 0 Å². The van der Waals surface area contributed by atoms with E-state index in [-0.39, 0.29) is 18.5 Å². The van der Waals surface area contributed by atoms with E-state index in [0.717, 1.165) is 36.6 Å². The molecule has 0 bridgehead atoms. The molecule has 1 aliphatic carbocycles. The Labute approximate surface area is 172 Å². The average Bonchev–Trinajstić information content (AvgIpc) is 2.79. The van der Waals surface area contributed by atoms with Crippen molar-refractivity contribution in [2.45, 2.75) is 38.0 Å². The number of carbonyl (C=O) groups is 2. The number of fused-ring (bicyclic) bond motifs is 1. The standard InChI is InChI=1S/C25H29NO3/c27-23(26-16-15-19-9-7-8-14-22(19)17-26)18-29-25(28)24(20-10-3-1-4-11-20)21-12-5-2-6-13-21/h1-6,10-13,19,22,24H,7-9,14-18H2/t19-,22+/m1/s1. The Hall–Kier alpha value is -2.62. The molecule has 1 heterocycles. The third-order valence-corrected chi connectivity index (χ3v) is 6.48. The summed E-state index contributed by atoms with van der Waals surface area (Å²) in [5.74, 6) is 0.439. The summed E-state index contributed by atoms with van der Waals surface area (Å²) in [6.45, 7) is 1.44. The van der Waals surface area contributed by atoms with Crippen LogP contribution in [0.3, 0.4) is 0 Å². The number of amides is 1. The average molecular weight is 392 g/mol. The highest BCUT2D eigenvalue weighted by molar-refractivity contribution is 5.85. The van der Waals surface area contributed by atoms with Crippen molar-refractivity contribution in [1.29, 1.82) is 0 Å². The van der Waals surface area contributed by atoms with Gasteiger partial charge in [0.05, 0.1) is 0 Å².